The van der Waals surface area contributed by atoms with Gasteiger partial charge in [0.05, 0.1) is 6.54 Å². The Morgan fingerprint density at radius 1 is 1.39 bits per heavy atom. The third kappa shape index (κ3) is 3.75. The van der Waals surface area contributed by atoms with Crippen LogP contribution in [0.5, 0.6) is 0 Å². The average molecular weight is 262 g/mol. The number of H-pyrrole nitrogens is 1. The van der Waals surface area contributed by atoms with Crippen molar-refractivity contribution in [3.63, 3.8) is 0 Å². The molecular formula is C13H12ClN3O. The highest BCUT2D eigenvalue weighted by atomic mass is 35.5. The summed E-state index contributed by atoms with van der Waals surface area (Å²) in [7, 11) is 0. The number of aromatic nitrogens is 2. The van der Waals surface area contributed by atoms with Gasteiger partial charge in [-0.25, -0.2) is 4.98 Å². The molecule has 0 aliphatic carbocycles. The van der Waals surface area contributed by atoms with E-state index in [0.717, 1.165) is 11.4 Å². The van der Waals surface area contributed by atoms with Crippen molar-refractivity contribution in [1.29, 1.82) is 0 Å². The first-order valence-electron chi connectivity index (χ1n) is 5.44. The zero-order valence-corrected chi connectivity index (χ0v) is 10.3. The molecular weight excluding hydrogens is 250 g/mol. The van der Waals surface area contributed by atoms with Crippen LogP contribution in [0.2, 0.25) is 5.02 Å². The highest BCUT2D eigenvalue weighted by molar-refractivity contribution is 6.30. The fourth-order valence-corrected chi connectivity index (χ4v) is 1.50. The number of imidazole rings is 1. The van der Waals surface area contributed by atoms with Crippen LogP contribution in [-0.2, 0) is 11.3 Å². The molecule has 5 heteroatoms. The second-order valence-electron chi connectivity index (χ2n) is 3.64. The second-order valence-corrected chi connectivity index (χ2v) is 4.07. The Hall–Kier alpha value is -2.07. The normalized spacial score (nSPS) is 10.7. The summed E-state index contributed by atoms with van der Waals surface area (Å²) in [5, 5.41) is 3.40. The molecule has 4 nitrogen and oxygen atoms in total. The quantitative estimate of drug-likeness (QED) is 0.831. The largest absolute Gasteiger partial charge is 0.347 e. The Morgan fingerprint density at radius 3 is 2.83 bits per heavy atom. The van der Waals surface area contributed by atoms with Crippen molar-refractivity contribution in [2.24, 2.45) is 0 Å². The summed E-state index contributed by atoms with van der Waals surface area (Å²) >= 11 is 5.77. The molecule has 0 atom stereocenters. The minimum absolute atomic E-state index is 0.165. The van der Waals surface area contributed by atoms with Gasteiger partial charge in [-0.3, -0.25) is 4.79 Å². The van der Waals surface area contributed by atoms with Gasteiger partial charge in [-0.2, -0.15) is 0 Å². The van der Waals surface area contributed by atoms with Crippen LogP contribution < -0.4 is 5.32 Å². The molecule has 0 aliphatic heterocycles. The van der Waals surface area contributed by atoms with Gasteiger partial charge < -0.3 is 10.3 Å². The van der Waals surface area contributed by atoms with Crippen LogP contribution in [0, 0.1) is 0 Å². The number of aromatic amines is 1. The Labute approximate surface area is 110 Å². The summed E-state index contributed by atoms with van der Waals surface area (Å²) in [6.45, 7) is 0.386. The number of amides is 1. The maximum absolute atomic E-state index is 11.5. The minimum atomic E-state index is -0.165. The predicted octanol–water partition coefficient (Wildman–Crippen LogP) is 2.39. The van der Waals surface area contributed by atoms with Gasteiger partial charge in [0.25, 0.3) is 0 Å². The van der Waals surface area contributed by atoms with Gasteiger partial charge >= 0.3 is 0 Å². The average Bonchev–Trinajstić information content (AvgIpc) is 2.89. The molecule has 0 bridgehead atoms. The Kier molecular flexibility index (Phi) is 4.15. The maximum atomic E-state index is 11.5. The smallest absolute Gasteiger partial charge is 0.244 e. The molecule has 0 aliphatic rings. The monoisotopic (exact) mass is 261 g/mol. The zero-order valence-electron chi connectivity index (χ0n) is 9.56. The topological polar surface area (TPSA) is 57.8 Å². The molecule has 1 amide bonds. The molecule has 2 aromatic rings. The third-order valence-electron chi connectivity index (χ3n) is 2.28. The van der Waals surface area contributed by atoms with Gasteiger partial charge in [0, 0.05) is 23.5 Å². The molecule has 2 N–H and O–H groups in total. The van der Waals surface area contributed by atoms with Gasteiger partial charge in [-0.05, 0) is 23.8 Å². The van der Waals surface area contributed by atoms with Crippen LogP contribution >= 0.6 is 11.6 Å². The van der Waals surface area contributed by atoms with E-state index in [2.05, 4.69) is 15.3 Å². The summed E-state index contributed by atoms with van der Waals surface area (Å²) in [4.78, 5) is 18.4. The lowest BCUT2D eigenvalue weighted by atomic mass is 10.2. The summed E-state index contributed by atoms with van der Waals surface area (Å²) in [6.07, 6.45) is 6.57. The first-order valence-corrected chi connectivity index (χ1v) is 5.81. The van der Waals surface area contributed by atoms with Gasteiger partial charge in [-0.15, -0.1) is 0 Å². The number of halogens is 1. The molecule has 0 radical (unpaired) electrons. The number of rotatable bonds is 4. The van der Waals surface area contributed by atoms with Crippen LogP contribution in [0.15, 0.2) is 42.7 Å². The molecule has 0 saturated carbocycles. The van der Waals surface area contributed by atoms with E-state index in [1.165, 1.54) is 6.08 Å². The van der Waals surface area contributed by atoms with E-state index in [1.54, 1.807) is 30.6 Å². The van der Waals surface area contributed by atoms with Gasteiger partial charge in [-0.1, -0.05) is 23.7 Å². The number of hydrogen-bond donors (Lipinski definition) is 2. The standard InChI is InChI=1S/C13H12ClN3O/c14-11-4-1-10(2-5-11)3-6-13(18)17-9-12-15-7-8-16-12/h1-8H,9H2,(H,15,16)(H,17,18). The highest BCUT2D eigenvalue weighted by Crippen LogP contribution is 2.10. The fraction of sp³-hybridized carbons (Fsp3) is 0.0769. The zero-order chi connectivity index (χ0) is 12.8. The lowest BCUT2D eigenvalue weighted by Crippen LogP contribution is -2.20. The first-order chi connectivity index (χ1) is 8.74. The van der Waals surface area contributed by atoms with Crippen LogP contribution in [0.1, 0.15) is 11.4 Å². The van der Waals surface area contributed by atoms with Crippen molar-refractivity contribution < 1.29 is 4.79 Å². The third-order valence-corrected chi connectivity index (χ3v) is 2.53. The molecule has 0 unspecified atom stereocenters. The Bertz CT molecular complexity index is 532. The molecule has 1 aromatic heterocycles. The van der Waals surface area contributed by atoms with E-state index in [9.17, 15) is 4.79 Å². The van der Waals surface area contributed by atoms with E-state index in [4.69, 9.17) is 11.6 Å². The van der Waals surface area contributed by atoms with Gasteiger partial charge in [0.15, 0.2) is 0 Å². The van der Waals surface area contributed by atoms with Gasteiger partial charge in [0.1, 0.15) is 5.82 Å². The minimum Gasteiger partial charge on any atom is -0.347 e. The van der Waals surface area contributed by atoms with E-state index in [-0.39, 0.29) is 5.91 Å². The molecule has 92 valence electrons. The summed E-state index contributed by atoms with van der Waals surface area (Å²) in [5.74, 6) is 0.560. The van der Waals surface area contributed by atoms with E-state index >= 15 is 0 Å². The van der Waals surface area contributed by atoms with Crippen LogP contribution in [0.25, 0.3) is 6.08 Å². The lowest BCUT2D eigenvalue weighted by Gasteiger charge is -1.98. The molecule has 1 heterocycles. The van der Waals surface area contributed by atoms with Crippen molar-refractivity contribution in [3.05, 3.63) is 59.1 Å². The van der Waals surface area contributed by atoms with Crippen LogP contribution in [0.4, 0.5) is 0 Å². The van der Waals surface area contributed by atoms with E-state index < -0.39 is 0 Å². The highest BCUT2D eigenvalue weighted by Gasteiger charge is 1.97. The van der Waals surface area contributed by atoms with Crippen molar-refractivity contribution >= 4 is 23.6 Å². The number of nitrogens with one attached hydrogen (secondary N) is 2. The maximum Gasteiger partial charge on any atom is 0.244 e. The summed E-state index contributed by atoms with van der Waals surface area (Å²) in [5.41, 5.74) is 0.924. The van der Waals surface area contributed by atoms with Crippen molar-refractivity contribution in [1.82, 2.24) is 15.3 Å². The van der Waals surface area contributed by atoms with Crippen molar-refractivity contribution in [3.8, 4) is 0 Å². The van der Waals surface area contributed by atoms with Gasteiger partial charge in [0.2, 0.25) is 5.91 Å². The van der Waals surface area contributed by atoms with Crippen LogP contribution in [-0.4, -0.2) is 15.9 Å². The molecule has 0 fully saturated rings. The molecule has 18 heavy (non-hydrogen) atoms. The number of carbonyl (C=O) groups is 1. The van der Waals surface area contributed by atoms with Crippen molar-refractivity contribution in [2.45, 2.75) is 6.54 Å². The summed E-state index contributed by atoms with van der Waals surface area (Å²) in [6, 6.07) is 7.25. The molecule has 1 aromatic carbocycles. The van der Waals surface area contributed by atoms with Crippen LogP contribution in [0.3, 0.4) is 0 Å². The lowest BCUT2D eigenvalue weighted by molar-refractivity contribution is -0.116. The number of benzene rings is 1. The molecule has 0 spiro atoms. The second kappa shape index (κ2) is 6.02. The Morgan fingerprint density at radius 2 is 2.17 bits per heavy atom. The van der Waals surface area contributed by atoms with Crippen molar-refractivity contribution in [2.75, 3.05) is 0 Å². The number of nitrogens with zero attached hydrogens (tertiary/aromatic N) is 1. The number of hydrogen-bond acceptors (Lipinski definition) is 2. The fourth-order valence-electron chi connectivity index (χ4n) is 1.37. The van der Waals surface area contributed by atoms with E-state index in [0.29, 0.717) is 11.6 Å². The summed E-state index contributed by atoms with van der Waals surface area (Å²) < 4.78 is 0. The Balaban J connectivity index is 1.85. The molecule has 0 saturated heterocycles. The molecule has 2 rings (SSSR count). The SMILES string of the molecule is O=C(C=Cc1ccc(Cl)cc1)NCc1ncc[nH]1. The predicted molar refractivity (Wildman–Crippen MR) is 70.9 cm³/mol. The number of carbonyl (C=O) groups excluding carboxylic acids is 1. The first kappa shape index (κ1) is 12.4. The van der Waals surface area contributed by atoms with E-state index in [1.807, 2.05) is 12.1 Å².